The van der Waals surface area contributed by atoms with E-state index in [0.717, 1.165) is 18.3 Å². The van der Waals surface area contributed by atoms with Gasteiger partial charge >= 0.3 is 18.0 Å². The van der Waals surface area contributed by atoms with Crippen molar-refractivity contribution in [1.29, 1.82) is 0 Å². The van der Waals surface area contributed by atoms with Gasteiger partial charge in [-0.1, -0.05) is 0 Å². The van der Waals surface area contributed by atoms with Crippen LogP contribution in [0.3, 0.4) is 0 Å². The summed E-state index contributed by atoms with van der Waals surface area (Å²) in [5, 5.41) is 4.54. The zero-order valence-electron chi connectivity index (χ0n) is 11.5. The number of aromatic nitrogens is 1. The number of pyridine rings is 1. The summed E-state index contributed by atoms with van der Waals surface area (Å²) in [6.45, 7) is 0.839. The van der Waals surface area contributed by atoms with Crippen molar-refractivity contribution >= 4 is 17.5 Å². The van der Waals surface area contributed by atoms with E-state index < -0.39 is 23.7 Å². The summed E-state index contributed by atoms with van der Waals surface area (Å²) in [5.74, 6) is -1.83. The lowest BCUT2D eigenvalue weighted by Gasteiger charge is -2.10. The van der Waals surface area contributed by atoms with Gasteiger partial charge in [-0.25, -0.2) is 4.98 Å². The SMILES string of the molecule is CN(C)CCNC(=O)C(=O)Nc1ccc(C(F)(F)F)nc1. The number of anilines is 1. The molecule has 1 heterocycles. The van der Waals surface area contributed by atoms with Crippen molar-refractivity contribution in [3.8, 4) is 0 Å². The Morgan fingerprint density at radius 2 is 1.90 bits per heavy atom. The molecule has 0 radical (unpaired) electrons. The summed E-state index contributed by atoms with van der Waals surface area (Å²) in [6, 6.07) is 1.75. The maximum atomic E-state index is 12.3. The lowest BCUT2D eigenvalue weighted by Crippen LogP contribution is -2.38. The molecule has 0 atom stereocenters. The average molecular weight is 304 g/mol. The number of rotatable bonds is 4. The first-order valence-electron chi connectivity index (χ1n) is 5.97. The van der Waals surface area contributed by atoms with Crippen LogP contribution in [0.15, 0.2) is 18.3 Å². The Morgan fingerprint density at radius 1 is 1.24 bits per heavy atom. The molecule has 2 N–H and O–H groups in total. The molecule has 1 aromatic heterocycles. The minimum Gasteiger partial charge on any atom is -0.347 e. The molecule has 0 spiro atoms. The third kappa shape index (κ3) is 5.78. The summed E-state index contributed by atoms with van der Waals surface area (Å²) in [7, 11) is 3.61. The Kier molecular flexibility index (Phi) is 5.65. The largest absolute Gasteiger partial charge is 0.433 e. The number of carbonyl (C=O) groups is 2. The third-order valence-electron chi connectivity index (χ3n) is 2.36. The number of halogens is 3. The number of carbonyl (C=O) groups excluding carboxylic acids is 2. The van der Waals surface area contributed by atoms with Gasteiger partial charge < -0.3 is 15.5 Å². The van der Waals surface area contributed by atoms with Crippen LogP contribution in [-0.2, 0) is 15.8 Å². The van der Waals surface area contributed by atoms with Gasteiger partial charge in [0, 0.05) is 13.1 Å². The Labute approximate surface area is 119 Å². The Balaban J connectivity index is 2.53. The fraction of sp³-hybridized carbons (Fsp3) is 0.417. The lowest BCUT2D eigenvalue weighted by atomic mass is 10.3. The van der Waals surface area contributed by atoms with E-state index in [-0.39, 0.29) is 12.2 Å². The van der Waals surface area contributed by atoms with Gasteiger partial charge in [-0.2, -0.15) is 13.2 Å². The average Bonchev–Trinajstić information content (AvgIpc) is 2.37. The number of alkyl halides is 3. The van der Waals surface area contributed by atoms with Crippen LogP contribution in [-0.4, -0.2) is 48.9 Å². The summed E-state index contributed by atoms with van der Waals surface area (Å²) in [4.78, 5) is 27.9. The molecule has 0 aliphatic heterocycles. The molecule has 0 fully saturated rings. The van der Waals surface area contributed by atoms with E-state index in [1.165, 1.54) is 0 Å². The van der Waals surface area contributed by atoms with E-state index in [4.69, 9.17) is 0 Å². The van der Waals surface area contributed by atoms with Crippen LogP contribution in [0.1, 0.15) is 5.69 Å². The van der Waals surface area contributed by atoms with Crippen molar-refractivity contribution in [2.45, 2.75) is 6.18 Å². The zero-order valence-corrected chi connectivity index (χ0v) is 11.5. The van der Waals surface area contributed by atoms with Gasteiger partial charge in [-0.15, -0.1) is 0 Å². The van der Waals surface area contributed by atoms with Crippen molar-refractivity contribution < 1.29 is 22.8 Å². The molecule has 0 aromatic carbocycles. The molecule has 0 bridgehead atoms. The quantitative estimate of drug-likeness (QED) is 0.804. The number of hydrogen-bond acceptors (Lipinski definition) is 4. The predicted octanol–water partition coefficient (Wildman–Crippen LogP) is 0.717. The Hall–Kier alpha value is -2.16. The molecule has 116 valence electrons. The minimum atomic E-state index is -4.55. The zero-order chi connectivity index (χ0) is 16.0. The molecule has 0 saturated heterocycles. The van der Waals surface area contributed by atoms with Gasteiger partial charge in [0.25, 0.3) is 0 Å². The maximum Gasteiger partial charge on any atom is 0.433 e. The van der Waals surface area contributed by atoms with E-state index in [1.807, 2.05) is 4.90 Å². The van der Waals surface area contributed by atoms with Crippen LogP contribution in [0, 0.1) is 0 Å². The highest BCUT2D eigenvalue weighted by atomic mass is 19.4. The molecule has 1 aromatic rings. The fourth-order valence-corrected chi connectivity index (χ4v) is 1.30. The summed E-state index contributed by atoms with van der Waals surface area (Å²) < 4.78 is 36.9. The smallest absolute Gasteiger partial charge is 0.347 e. The predicted molar refractivity (Wildman–Crippen MR) is 69.4 cm³/mol. The van der Waals surface area contributed by atoms with Gasteiger partial charge in [0.2, 0.25) is 0 Å². The molecule has 0 unspecified atom stereocenters. The molecule has 9 heteroatoms. The second kappa shape index (κ2) is 7.02. The molecular weight excluding hydrogens is 289 g/mol. The highest BCUT2D eigenvalue weighted by molar-refractivity contribution is 6.39. The Morgan fingerprint density at radius 3 is 2.38 bits per heavy atom. The van der Waals surface area contributed by atoms with E-state index in [9.17, 15) is 22.8 Å². The normalized spacial score (nSPS) is 11.3. The highest BCUT2D eigenvalue weighted by Gasteiger charge is 2.32. The van der Waals surface area contributed by atoms with E-state index in [1.54, 1.807) is 14.1 Å². The first kappa shape index (κ1) is 16.9. The van der Waals surface area contributed by atoms with Crippen LogP contribution >= 0.6 is 0 Å². The third-order valence-corrected chi connectivity index (χ3v) is 2.36. The van der Waals surface area contributed by atoms with Gasteiger partial charge in [-0.05, 0) is 26.2 Å². The van der Waals surface area contributed by atoms with Crippen molar-refractivity contribution in [2.24, 2.45) is 0 Å². The number of amides is 2. The summed E-state index contributed by atoms with van der Waals surface area (Å²) in [5.41, 5.74) is -1.06. The lowest BCUT2D eigenvalue weighted by molar-refractivity contribution is -0.141. The number of hydrogen-bond donors (Lipinski definition) is 2. The van der Waals surface area contributed by atoms with Crippen molar-refractivity contribution in [1.82, 2.24) is 15.2 Å². The van der Waals surface area contributed by atoms with Crippen molar-refractivity contribution in [3.63, 3.8) is 0 Å². The maximum absolute atomic E-state index is 12.3. The van der Waals surface area contributed by atoms with Gasteiger partial charge in [0.1, 0.15) is 5.69 Å². The van der Waals surface area contributed by atoms with Crippen LogP contribution < -0.4 is 10.6 Å². The van der Waals surface area contributed by atoms with Gasteiger partial charge in [0.15, 0.2) is 0 Å². The first-order chi connectivity index (χ1) is 9.70. The van der Waals surface area contributed by atoms with Crippen molar-refractivity contribution in [2.75, 3.05) is 32.5 Å². The van der Waals surface area contributed by atoms with Gasteiger partial charge in [-0.3, -0.25) is 9.59 Å². The molecular formula is C12H15F3N4O2. The monoisotopic (exact) mass is 304 g/mol. The number of nitrogens with one attached hydrogen (secondary N) is 2. The topological polar surface area (TPSA) is 74.3 Å². The van der Waals surface area contributed by atoms with Crippen molar-refractivity contribution in [3.05, 3.63) is 24.0 Å². The van der Waals surface area contributed by atoms with Gasteiger partial charge in [0.05, 0.1) is 11.9 Å². The number of nitrogens with zero attached hydrogens (tertiary/aromatic N) is 2. The molecule has 0 aliphatic rings. The second-order valence-electron chi connectivity index (χ2n) is 4.44. The van der Waals surface area contributed by atoms with E-state index in [2.05, 4.69) is 15.6 Å². The van der Waals surface area contributed by atoms with Crippen LogP contribution in [0.2, 0.25) is 0 Å². The summed E-state index contributed by atoms with van der Waals surface area (Å²) >= 11 is 0. The molecule has 0 aliphatic carbocycles. The Bertz CT molecular complexity index is 500. The van der Waals surface area contributed by atoms with Crippen LogP contribution in [0.4, 0.5) is 18.9 Å². The standard InChI is InChI=1S/C12H15F3N4O2/c1-19(2)6-5-16-10(20)11(21)18-8-3-4-9(17-7-8)12(13,14)15/h3-4,7H,5-6H2,1-2H3,(H,16,20)(H,18,21). The molecule has 21 heavy (non-hydrogen) atoms. The molecule has 6 nitrogen and oxygen atoms in total. The molecule has 2 amide bonds. The van der Waals surface area contributed by atoms with Crippen LogP contribution in [0.25, 0.3) is 0 Å². The van der Waals surface area contributed by atoms with E-state index in [0.29, 0.717) is 6.54 Å². The molecule has 0 saturated carbocycles. The van der Waals surface area contributed by atoms with E-state index >= 15 is 0 Å². The summed E-state index contributed by atoms with van der Waals surface area (Å²) in [6.07, 6.45) is -3.71. The number of likely N-dealkylation sites (N-methyl/N-ethyl adjacent to an activating group) is 1. The minimum absolute atomic E-state index is 0.00996. The second-order valence-corrected chi connectivity index (χ2v) is 4.44. The van der Waals surface area contributed by atoms with Crippen LogP contribution in [0.5, 0.6) is 0 Å². The fourth-order valence-electron chi connectivity index (χ4n) is 1.30. The highest BCUT2D eigenvalue weighted by Crippen LogP contribution is 2.27. The first-order valence-corrected chi connectivity index (χ1v) is 5.97. The molecule has 1 rings (SSSR count).